The van der Waals surface area contributed by atoms with Gasteiger partial charge in [-0.3, -0.25) is 4.79 Å². The van der Waals surface area contributed by atoms with E-state index in [9.17, 15) is 9.18 Å². The zero-order valence-electron chi connectivity index (χ0n) is 11.9. The highest BCUT2D eigenvalue weighted by Gasteiger charge is 2.28. The molecule has 0 heterocycles. The lowest BCUT2D eigenvalue weighted by Crippen LogP contribution is -1.99. The van der Waals surface area contributed by atoms with Crippen molar-refractivity contribution in [3.8, 4) is 16.9 Å². The molecule has 3 heteroatoms. The van der Waals surface area contributed by atoms with Gasteiger partial charge >= 0.3 is 0 Å². The molecule has 0 aliphatic heterocycles. The molecule has 21 heavy (non-hydrogen) atoms. The summed E-state index contributed by atoms with van der Waals surface area (Å²) in [6.45, 7) is 2.37. The number of benzene rings is 2. The van der Waals surface area contributed by atoms with Gasteiger partial charge < -0.3 is 4.74 Å². The van der Waals surface area contributed by atoms with Gasteiger partial charge in [-0.25, -0.2) is 4.39 Å². The second kappa shape index (κ2) is 5.68. The first-order valence-corrected chi connectivity index (χ1v) is 7.24. The molecule has 0 atom stereocenters. The summed E-state index contributed by atoms with van der Waals surface area (Å²) >= 11 is 0. The van der Waals surface area contributed by atoms with Gasteiger partial charge in [-0.15, -0.1) is 0 Å². The average Bonchev–Trinajstić information content (AvgIpc) is 3.32. The number of carbonyl (C=O) groups is 1. The van der Waals surface area contributed by atoms with Crippen molar-refractivity contribution < 1.29 is 13.9 Å². The third kappa shape index (κ3) is 2.82. The molecule has 2 aromatic rings. The van der Waals surface area contributed by atoms with Gasteiger partial charge in [0.25, 0.3) is 0 Å². The van der Waals surface area contributed by atoms with E-state index in [4.69, 9.17) is 4.74 Å². The van der Waals surface area contributed by atoms with Crippen LogP contribution in [-0.2, 0) is 0 Å². The van der Waals surface area contributed by atoms with E-state index >= 15 is 0 Å². The van der Waals surface area contributed by atoms with Crippen molar-refractivity contribution in [1.82, 2.24) is 0 Å². The quantitative estimate of drug-likeness (QED) is 0.751. The molecule has 1 aliphatic carbocycles. The summed E-state index contributed by atoms with van der Waals surface area (Å²) in [6, 6.07) is 10.3. The first kappa shape index (κ1) is 13.8. The Morgan fingerprint density at radius 2 is 2.10 bits per heavy atom. The lowest BCUT2D eigenvalue weighted by atomic mass is 9.94. The summed E-state index contributed by atoms with van der Waals surface area (Å²) in [4.78, 5) is 11.3. The first-order valence-electron chi connectivity index (χ1n) is 7.24. The molecule has 0 radical (unpaired) electrons. The van der Waals surface area contributed by atoms with E-state index in [0.29, 0.717) is 23.8 Å². The van der Waals surface area contributed by atoms with Crippen molar-refractivity contribution in [2.75, 3.05) is 6.61 Å². The molecule has 1 saturated carbocycles. The van der Waals surface area contributed by atoms with Crippen LogP contribution < -0.4 is 4.74 Å². The maximum atomic E-state index is 13.5. The van der Waals surface area contributed by atoms with E-state index in [1.807, 2.05) is 25.1 Å². The molecule has 3 rings (SSSR count). The number of carbonyl (C=O) groups excluding carboxylic acids is 1. The highest BCUT2D eigenvalue weighted by Crippen LogP contribution is 2.46. The van der Waals surface area contributed by atoms with Crippen LogP contribution in [0.3, 0.4) is 0 Å². The molecule has 0 saturated heterocycles. The van der Waals surface area contributed by atoms with Gasteiger partial charge in [0, 0.05) is 0 Å². The lowest BCUT2D eigenvalue weighted by Gasteiger charge is -2.14. The van der Waals surface area contributed by atoms with Crippen LogP contribution in [0.2, 0.25) is 0 Å². The van der Waals surface area contributed by atoms with Crippen molar-refractivity contribution in [2.45, 2.75) is 25.7 Å². The number of rotatable bonds is 5. The minimum atomic E-state index is -0.258. The highest BCUT2D eigenvalue weighted by atomic mass is 19.1. The van der Waals surface area contributed by atoms with Crippen LogP contribution in [0.4, 0.5) is 4.39 Å². The van der Waals surface area contributed by atoms with E-state index in [1.165, 1.54) is 12.1 Å². The summed E-state index contributed by atoms with van der Waals surface area (Å²) in [6.07, 6.45) is 3.06. The minimum absolute atomic E-state index is 0.258. The van der Waals surface area contributed by atoms with Crippen molar-refractivity contribution in [3.63, 3.8) is 0 Å². The van der Waals surface area contributed by atoms with Crippen LogP contribution in [0, 0.1) is 5.82 Å². The summed E-state index contributed by atoms with van der Waals surface area (Å²) in [5.74, 6) is 0.778. The maximum absolute atomic E-state index is 13.5. The van der Waals surface area contributed by atoms with E-state index < -0.39 is 0 Å². The highest BCUT2D eigenvalue weighted by molar-refractivity contribution is 5.84. The van der Waals surface area contributed by atoms with Gasteiger partial charge in [0.15, 0.2) is 6.29 Å². The number of aldehydes is 1. The van der Waals surface area contributed by atoms with Crippen LogP contribution in [0.15, 0.2) is 36.4 Å². The molecule has 2 nitrogen and oxygen atoms in total. The van der Waals surface area contributed by atoms with Gasteiger partial charge in [-0.1, -0.05) is 12.1 Å². The summed E-state index contributed by atoms with van der Waals surface area (Å²) in [5.41, 5.74) is 3.48. The molecule has 1 aliphatic rings. The lowest BCUT2D eigenvalue weighted by molar-refractivity contribution is 0.112. The molecular weight excluding hydrogens is 267 g/mol. The maximum Gasteiger partial charge on any atom is 0.153 e. The second-order valence-electron chi connectivity index (χ2n) is 5.31. The third-order valence-corrected chi connectivity index (χ3v) is 3.76. The fourth-order valence-corrected chi connectivity index (χ4v) is 2.62. The molecule has 108 valence electrons. The Morgan fingerprint density at radius 3 is 2.71 bits per heavy atom. The third-order valence-electron chi connectivity index (χ3n) is 3.76. The van der Waals surface area contributed by atoms with Crippen LogP contribution in [0.1, 0.15) is 41.6 Å². The molecule has 1 fully saturated rings. The zero-order valence-corrected chi connectivity index (χ0v) is 11.9. The van der Waals surface area contributed by atoms with E-state index in [1.54, 1.807) is 6.07 Å². The molecule has 0 aromatic heterocycles. The van der Waals surface area contributed by atoms with Crippen molar-refractivity contribution in [3.05, 3.63) is 53.3 Å². The van der Waals surface area contributed by atoms with Crippen molar-refractivity contribution in [2.24, 2.45) is 0 Å². The van der Waals surface area contributed by atoms with E-state index in [0.717, 1.165) is 35.8 Å². The average molecular weight is 284 g/mol. The summed E-state index contributed by atoms with van der Waals surface area (Å²) in [5, 5.41) is 0. The normalized spacial score (nSPS) is 14.0. The Bertz CT molecular complexity index is 675. The molecule has 0 spiro atoms. The smallest absolute Gasteiger partial charge is 0.153 e. The SMILES string of the molecule is CCOc1cc(-c2cccc(F)c2)c(C2CC2)cc1C=O. The zero-order chi connectivity index (χ0) is 14.8. The predicted octanol–water partition coefficient (Wildman–Crippen LogP) is 4.58. The Hall–Kier alpha value is -2.16. The monoisotopic (exact) mass is 284 g/mol. The van der Waals surface area contributed by atoms with E-state index in [-0.39, 0.29) is 5.82 Å². The minimum Gasteiger partial charge on any atom is -0.493 e. The number of hydrogen-bond donors (Lipinski definition) is 0. The second-order valence-corrected chi connectivity index (χ2v) is 5.31. The fourth-order valence-electron chi connectivity index (χ4n) is 2.62. The summed E-state index contributed by atoms with van der Waals surface area (Å²) < 4.78 is 19.1. The van der Waals surface area contributed by atoms with Crippen molar-refractivity contribution in [1.29, 1.82) is 0 Å². The molecule has 0 bridgehead atoms. The predicted molar refractivity (Wildman–Crippen MR) is 80.4 cm³/mol. The molecular formula is C18H17FO2. The van der Waals surface area contributed by atoms with Gasteiger partial charge in [0.1, 0.15) is 11.6 Å². The number of hydrogen-bond acceptors (Lipinski definition) is 2. The van der Waals surface area contributed by atoms with Gasteiger partial charge in [0.2, 0.25) is 0 Å². The standard InChI is InChI=1S/C18H17FO2/c1-2-21-18-10-17(13-4-3-5-15(19)8-13)16(12-6-7-12)9-14(18)11-20/h3-5,8-12H,2,6-7H2,1H3. The Balaban J connectivity index is 2.16. The Morgan fingerprint density at radius 1 is 1.29 bits per heavy atom. The molecule has 0 amide bonds. The van der Waals surface area contributed by atoms with Gasteiger partial charge in [-0.05, 0) is 66.6 Å². The van der Waals surface area contributed by atoms with Crippen LogP contribution >= 0.6 is 0 Å². The summed E-state index contributed by atoms with van der Waals surface area (Å²) in [7, 11) is 0. The van der Waals surface area contributed by atoms with Crippen LogP contribution in [0.25, 0.3) is 11.1 Å². The van der Waals surface area contributed by atoms with Crippen LogP contribution in [0.5, 0.6) is 5.75 Å². The topological polar surface area (TPSA) is 26.3 Å². The fraction of sp³-hybridized carbons (Fsp3) is 0.278. The Labute approximate surface area is 123 Å². The largest absolute Gasteiger partial charge is 0.493 e. The van der Waals surface area contributed by atoms with Gasteiger partial charge in [0.05, 0.1) is 12.2 Å². The van der Waals surface area contributed by atoms with Crippen LogP contribution in [-0.4, -0.2) is 12.9 Å². The first-order chi connectivity index (χ1) is 10.2. The Kier molecular flexibility index (Phi) is 3.74. The van der Waals surface area contributed by atoms with Gasteiger partial charge in [-0.2, -0.15) is 0 Å². The van der Waals surface area contributed by atoms with Crippen molar-refractivity contribution >= 4 is 6.29 Å². The molecule has 0 N–H and O–H groups in total. The number of ether oxygens (including phenoxy) is 1. The molecule has 2 aromatic carbocycles. The van der Waals surface area contributed by atoms with E-state index in [2.05, 4.69) is 0 Å². The molecule has 0 unspecified atom stereocenters. The number of halogens is 1.